The van der Waals surface area contributed by atoms with E-state index in [1.807, 2.05) is 6.92 Å². The molecule has 1 heterocycles. The Balaban J connectivity index is 2.17. The van der Waals surface area contributed by atoms with Crippen molar-refractivity contribution in [2.75, 3.05) is 5.32 Å². The van der Waals surface area contributed by atoms with Crippen LogP contribution < -0.4 is 5.32 Å². The van der Waals surface area contributed by atoms with Gasteiger partial charge in [-0.2, -0.15) is 0 Å². The van der Waals surface area contributed by atoms with E-state index in [9.17, 15) is 14.0 Å². The average molecular weight is 294 g/mol. The lowest BCUT2D eigenvalue weighted by Gasteiger charge is -2.08. The lowest BCUT2D eigenvalue weighted by molar-refractivity contribution is -0.115. The smallest absolute Gasteiger partial charge is 0.337 e. The molecule has 2 N–H and O–H groups in total. The van der Waals surface area contributed by atoms with Crippen LogP contribution in [0.4, 0.5) is 10.1 Å². The summed E-state index contributed by atoms with van der Waals surface area (Å²) in [5.41, 5.74) is -0.0389. The highest BCUT2D eigenvalue weighted by molar-refractivity contribution is 7.09. The highest BCUT2D eigenvalue weighted by atomic mass is 32.1. The zero-order valence-electron chi connectivity index (χ0n) is 10.5. The Bertz CT molecular complexity index is 669. The number of rotatable bonds is 4. The number of aromatic carboxylic acids is 1. The Morgan fingerprint density at radius 2 is 2.20 bits per heavy atom. The molecule has 0 aliphatic carbocycles. The SMILES string of the molecule is Cc1nc(CC(=O)Nc2c(F)cccc2C(=O)O)cs1. The van der Waals surface area contributed by atoms with E-state index in [1.54, 1.807) is 5.38 Å². The number of aromatic nitrogens is 1. The van der Waals surface area contributed by atoms with Gasteiger partial charge < -0.3 is 10.4 Å². The summed E-state index contributed by atoms with van der Waals surface area (Å²) >= 11 is 1.40. The molecule has 104 valence electrons. The zero-order chi connectivity index (χ0) is 14.7. The molecule has 2 rings (SSSR count). The monoisotopic (exact) mass is 294 g/mol. The molecule has 20 heavy (non-hydrogen) atoms. The summed E-state index contributed by atoms with van der Waals surface area (Å²) in [6, 6.07) is 3.60. The van der Waals surface area contributed by atoms with Gasteiger partial charge in [0.2, 0.25) is 5.91 Å². The maximum atomic E-state index is 13.6. The Labute approximate surface area is 118 Å². The molecule has 2 aromatic rings. The first-order chi connectivity index (χ1) is 9.47. The Hall–Kier alpha value is -2.28. The number of carboxylic acid groups (broad SMARTS) is 1. The maximum Gasteiger partial charge on any atom is 0.337 e. The summed E-state index contributed by atoms with van der Waals surface area (Å²) in [4.78, 5) is 26.9. The highest BCUT2D eigenvalue weighted by Gasteiger charge is 2.17. The first-order valence-corrected chi connectivity index (χ1v) is 6.58. The van der Waals surface area contributed by atoms with Crippen molar-refractivity contribution in [2.45, 2.75) is 13.3 Å². The van der Waals surface area contributed by atoms with Gasteiger partial charge in [-0.1, -0.05) is 6.07 Å². The fourth-order valence-corrected chi connectivity index (χ4v) is 2.28. The first kappa shape index (κ1) is 14.1. The van der Waals surface area contributed by atoms with Crippen LogP contribution in [0, 0.1) is 12.7 Å². The van der Waals surface area contributed by atoms with Gasteiger partial charge in [-0.15, -0.1) is 11.3 Å². The van der Waals surface area contributed by atoms with Crippen molar-refractivity contribution in [2.24, 2.45) is 0 Å². The van der Waals surface area contributed by atoms with E-state index < -0.39 is 17.7 Å². The number of para-hydroxylation sites is 1. The molecule has 1 amide bonds. The zero-order valence-corrected chi connectivity index (χ0v) is 11.3. The van der Waals surface area contributed by atoms with E-state index in [0.717, 1.165) is 11.1 Å². The molecule has 0 bridgehead atoms. The first-order valence-electron chi connectivity index (χ1n) is 5.70. The fourth-order valence-electron chi connectivity index (χ4n) is 1.67. The van der Waals surface area contributed by atoms with E-state index in [1.165, 1.54) is 23.5 Å². The van der Waals surface area contributed by atoms with Crippen LogP contribution in [0.25, 0.3) is 0 Å². The minimum absolute atomic E-state index is 0.0300. The molecule has 1 aromatic carbocycles. The number of thiazole rings is 1. The van der Waals surface area contributed by atoms with Gasteiger partial charge in [0, 0.05) is 5.38 Å². The number of benzene rings is 1. The topological polar surface area (TPSA) is 79.3 Å². The molecule has 0 aliphatic heterocycles. The van der Waals surface area contributed by atoms with Crippen LogP contribution in [0.15, 0.2) is 23.6 Å². The van der Waals surface area contributed by atoms with Crippen LogP contribution in [-0.4, -0.2) is 22.0 Å². The maximum absolute atomic E-state index is 13.6. The number of hydrogen-bond donors (Lipinski definition) is 2. The molecule has 5 nitrogen and oxygen atoms in total. The van der Waals surface area contributed by atoms with Crippen molar-refractivity contribution in [1.82, 2.24) is 4.98 Å². The number of halogens is 1. The molecule has 0 saturated heterocycles. The number of anilines is 1. The molecule has 0 spiro atoms. The number of nitrogens with one attached hydrogen (secondary N) is 1. The Kier molecular flexibility index (Phi) is 4.09. The normalized spacial score (nSPS) is 10.3. The number of aryl methyl sites for hydroxylation is 1. The van der Waals surface area contributed by atoms with E-state index in [4.69, 9.17) is 5.11 Å². The molecule has 0 atom stereocenters. The molecule has 7 heteroatoms. The molecule has 1 aromatic heterocycles. The number of carbonyl (C=O) groups is 2. The predicted octanol–water partition coefficient (Wildman–Crippen LogP) is 2.47. The minimum atomic E-state index is -1.30. The molecule has 0 unspecified atom stereocenters. The van der Waals surface area contributed by atoms with Crippen LogP contribution in [0.1, 0.15) is 21.1 Å². The van der Waals surface area contributed by atoms with Gasteiger partial charge in [0.05, 0.1) is 28.4 Å². The van der Waals surface area contributed by atoms with Crippen molar-refractivity contribution >= 4 is 28.9 Å². The lowest BCUT2D eigenvalue weighted by atomic mass is 10.1. The second-order valence-corrected chi connectivity index (χ2v) is 5.11. The van der Waals surface area contributed by atoms with Gasteiger partial charge in [-0.05, 0) is 19.1 Å². The van der Waals surface area contributed by atoms with Gasteiger partial charge in [0.25, 0.3) is 0 Å². The van der Waals surface area contributed by atoms with Crippen LogP contribution >= 0.6 is 11.3 Å². The number of carbonyl (C=O) groups excluding carboxylic acids is 1. The van der Waals surface area contributed by atoms with Crippen LogP contribution in [0.2, 0.25) is 0 Å². The molecule has 0 saturated carbocycles. The van der Waals surface area contributed by atoms with Gasteiger partial charge >= 0.3 is 5.97 Å². The molecular weight excluding hydrogens is 283 g/mol. The van der Waals surface area contributed by atoms with E-state index in [2.05, 4.69) is 10.3 Å². The van der Waals surface area contributed by atoms with E-state index >= 15 is 0 Å². The second kappa shape index (κ2) is 5.79. The van der Waals surface area contributed by atoms with Crippen LogP contribution in [0.3, 0.4) is 0 Å². The summed E-state index contributed by atoms with van der Waals surface area (Å²) in [7, 11) is 0. The highest BCUT2D eigenvalue weighted by Crippen LogP contribution is 2.20. The summed E-state index contributed by atoms with van der Waals surface area (Å²) in [5.74, 6) is -2.60. The van der Waals surface area contributed by atoms with Gasteiger partial charge in [-0.3, -0.25) is 4.79 Å². The third kappa shape index (κ3) is 3.18. The van der Waals surface area contributed by atoms with Crippen molar-refractivity contribution in [3.8, 4) is 0 Å². The molecule has 0 aliphatic rings. The van der Waals surface area contributed by atoms with E-state index in [-0.39, 0.29) is 17.7 Å². The number of carboxylic acids is 1. The Morgan fingerprint density at radius 1 is 1.45 bits per heavy atom. The third-order valence-electron chi connectivity index (χ3n) is 2.52. The fraction of sp³-hybridized carbons (Fsp3) is 0.154. The summed E-state index contributed by atoms with van der Waals surface area (Å²) < 4.78 is 13.6. The summed E-state index contributed by atoms with van der Waals surface area (Å²) in [6.45, 7) is 1.81. The van der Waals surface area contributed by atoms with Crippen LogP contribution in [0.5, 0.6) is 0 Å². The summed E-state index contributed by atoms with van der Waals surface area (Å²) in [5, 5.41) is 13.8. The quantitative estimate of drug-likeness (QED) is 0.908. The predicted molar refractivity (Wildman–Crippen MR) is 72.5 cm³/mol. The Morgan fingerprint density at radius 3 is 2.80 bits per heavy atom. The van der Waals surface area contributed by atoms with Gasteiger partial charge in [0.1, 0.15) is 5.82 Å². The largest absolute Gasteiger partial charge is 0.478 e. The summed E-state index contributed by atoms with van der Waals surface area (Å²) in [6.07, 6.45) is -0.0300. The molecule has 0 radical (unpaired) electrons. The molecular formula is C13H11FN2O3S. The molecule has 0 fully saturated rings. The average Bonchev–Trinajstić information content (AvgIpc) is 2.77. The number of nitrogens with zero attached hydrogens (tertiary/aromatic N) is 1. The third-order valence-corrected chi connectivity index (χ3v) is 3.34. The number of amides is 1. The standard InChI is InChI=1S/C13H11FN2O3S/c1-7-15-8(6-20-7)5-11(17)16-12-9(13(18)19)3-2-4-10(12)14/h2-4,6H,5H2,1H3,(H,16,17)(H,18,19). The number of hydrogen-bond acceptors (Lipinski definition) is 4. The van der Waals surface area contributed by atoms with Crippen molar-refractivity contribution in [1.29, 1.82) is 0 Å². The van der Waals surface area contributed by atoms with Crippen molar-refractivity contribution in [3.05, 3.63) is 45.7 Å². The van der Waals surface area contributed by atoms with Gasteiger partial charge in [-0.25, -0.2) is 14.2 Å². The lowest BCUT2D eigenvalue weighted by Crippen LogP contribution is -2.18. The van der Waals surface area contributed by atoms with Crippen molar-refractivity contribution in [3.63, 3.8) is 0 Å². The van der Waals surface area contributed by atoms with Crippen LogP contribution in [-0.2, 0) is 11.2 Å². The van der Waals surface area contributed by atoms with Crippen molar-refractivity contribution < 1.29 is 19.1 Å². The second-order valence-electron chi connectivity index (χ2n) is 4.05. The van der Waals surface area contributed by atoms with E-state index in [0.29, 0.717) is 5.69 Å². The van der Waals surface area contributed by atoms with Gasteiger partial charge in [0.15, 0.2) is 0 Å². The minimum Gasteiger partial charge on any atom is -0.478 e.